The van der Waals surface area contributed by atoms with Crippen LogP contribution in [-0.2, 0) is 14.3 Å². The normalized spacial score (nSPS) is 10.8. The topological polar surface area (TPSA) is 35.5 Å². The maximum absolute atomic E-state index is 11.0. The highest BCUT2D eigenvalue weighted by Gasteiger charge is 2.03. The largest absolute Gasteiger partial charge is 0.493 e. The van der Waals surface area contributed by atoms with Gasteiger partial charge >= 0.3 is 5.97 Å². The van der Waals surface area contributed by atoms with Crippen LogP contribution in [-0.4, -0.2) is 19.2 Å². The first-order chi connectivity index (χ1) is 6.11. The summed E-state index contributed by atoms with van der Waals surface area (Å²) in [5.74, 6) is 0.0925. The van der Waals surface area contributed by atoms with E-state index in [-0.39, 0.29) is 0 Å². The molecule has 0 aromatic rings. The SMILES string of the molecule is C=C(C)/C(=C\C(=O)OCC)OCC. The molecule has 0 aromatic heterocycles. The van der Waals surface area contributed by atoms with Crippen LogP contribution in [0.1, 0.15) is 20.8 Å². The summed E-state index contributed by atoms with van der Waals surface area (Å²) in [6.07, 6.45) is 1.31. The average molecular weight is 184 g/mol. The zero-order valence-corrected chi connectivity index (χ0v) is 8.42. The van der Waals surface area contributed by atoms with Gasteiger partial charge in [0.15, 0.2) is 0 Å². The highest BCUT2D eigenvalue weighted by atomic mass is 16.5. The van der Waals surface area contributed by atoms with Gasteiger partial charge < -0.3 is 9.47 Å². The lowest BCUT2D eigenvalue weighted by Gasteiger charge is -2.07. The van der Waals surface area contributed by atoms with Gasteiger partial charge in [0, 0.05) is 0 Å². The van der Waals surface area contributed by atoms with Gasteiger partial charge in [-0.25, -0.2) is 4.79 Å². The lowest BCUT2D eigenvalue weighted by atomic mass is 10.2. The number of carbonyl (C=O) groups is 1. The maximum atomic E-state index is 11.0. The summed E-state index contributed by atoms with van der Waals surface area (Å²) >= 11 is 0. The Morgan fingerprint density at radius 3 is 2.23 bits per heavy atom. The molecule has 74 valence electrons. The second kappa shape index (κ2) is 6.29. The highest BCUT2D eigenvalue weighted by molar-refractivity contribution is 5.83. The lowest BCUT2D eigenvalue weighted by molar-refractivity contribution is -0.137. The predicted molar refractivity (Wildman–Crippen MR) is 51.2 cm³/mol. The van der Waals surface area contributed by atoms with Gasteiger partial charge in [-0.05, 0) is 26.3 Å². The van der Waals surface area contributed by atoms with E-state index in [1.807, 2.05) is 6.92 Å². The van der Waals surface area contributed by atoms with E-state index in [1.54, 1.807) is 13.8 Å². The van der Waals surface area contributed by atoms with E-state index in [2.05, 4.69) is 6.58 Å². The minimum Gasteiger partial charge on any atom is -0.493 e. The van der Waals surface area contributed by atoms with Crippen molar-refractivity contribution in [3.05, 3.63) is 24.0 Å². The van der Waals surface area contributed by atoms with Crippen LogP contribution in [0.5, 0.6) is 0 Å². The third-order valence-corrected chi connectivity index (χ3v) is 1.26. The Hall–Kier alpha value is -1.25. The quantitative estimate of drug-likeness (QED) is 0.284. The summed E-state index contributed by atoms with van der Waals surface area (Å²) in [5.41, 5.74) is 0.718. The molecule has 0 aliphatic rings. The van der Waals surface area contributed by atoms with Crippen molar-refractivity contribution in [2.24, 2.45) is 0 Å². The van der Waals surface area contributed by atoms with Crippen LogP contribution < -0.4 is 0 Å². The molecule has 0 saturated heterocycles. The third kappa shape index (κ3) is 5.06. The molecule has 0 saturated carbocycles. The van der Waals surface area contributed by atoms with Crippen molar-refractivity contribution in [2.75, 3.05) is 13.2 Å². The summed E-state index contributed by atoms with van der Waals surface area (Å²) in [6.45, 7) is 9.95. The number of hydrogen-bond acceptors (Lipinski definition) is 3. The molecule has 0 amide bonds. The van der Waals surface area contributed by atoms with Gasteiger partial charge in [-0.2, -0.15) is 0 Å². The predicted octanol–water partition coefficient (Wildman–Crippen LogP) is 2.05. The van der Waals surface area contributed by atoms with Crippen molar-refractivity contribution >= 4 is 5.97 Å². The molecule has 13 heavy (non-hydrogen) atoms. The molecule has 0 N–H and O–H groups in total. The third-order valence-electron chi connectivity index (χ3n) is 1.26. The first-order valence-electron chi connectivity index (χ1n) is 4.28. The lowest BCUT2D eigenvalue weighted by Crippen LogP contribution is -2.03. The highest BCUT2D eigenvalue weighted by Crippen LogP contribution is 2.08. The van der Waals surface area contributed by atoms with Gasteiger partial charge in [-0.15, -0.1) is 0 Å². The zero-order valence-electron chi connectivity index (χ0n) is 8.42. The summed E-state index contributed by atoms with van der Waals surface area (Å²) in [6, 6.07) is 0. The fourth-order valence-corrected chi connectivity index (χ4v) is 0.735. The van der Waals surface area contributed by atoms with Crippen LogP contribution >= 0.6 is 0 Å². The molecule has 0 unspecified atom stereocenters. The van der Waals surface area contributed by atoms with Crippen molar-refractivity contribution in [3.8, 4) is 0 Å². The van der Waals surface area contributed by atoms with E-state index >= 15 is 0 Å². The molecule has 0 spiro atoms. The molecular formula is C10H16O3. The molecule has 3 heteroatoms. The van der Waals surface area contributed by atoms with Crippen LogP contribution in [0.2, 0.25) is 0 Å². The molecule has 0 aliphatic heterocycles. The first kappa shape index (κ1) is 11.8. The van der Waals surface area contributed by atoms with Gasteiger partial charge in [0.05, 0.1) is 19.3 Å². The Balaban J connectivity index is 4.34. The number of hydrogen-bond donors (Lipinski definition) is 0. The van der Waals surface area contributed by atoms with Crippen LogP contribution in [0.15, 0.2) is 24.0 Å². The van der Waals surface area contributed by atoms with E-state index in [0.717, 1.165) is 5.57 Å². The Bertz CT molecular complexity index is 216. The number of ether oxygens (including phenoxy) is 2. The Kier molecular flexibility index (Phi) is 5.68. The van der Waals surface area contributed by atoms with Crippen LogP contribution in [0, 0.1) is 0 Å². The van der Waals surface area contributed by atoms with Crippen molar-refractivity contribution in [2.45, 2.75) is 20.8 Å². The molecule has 0 rings (SSSR count). The molecule has 0 bridgehead atoms. The second-order valence-corrected chi connectivity index (χ2v) is 2.47. The maximum Gasteiger partial charge on any atom is 0.334 e. The Morgan fingerprint density at radius 1 is 1.31 bits per heavy atom. The molecule has 0 atom stereocenters. The average Bonchev–Trinajstić information content (AvgIpc) is 2.04. The van der Waals surface area contributed by atoms with Crippen molar-refractivity contribution in [1.82, 2.24) is 0 Å². The number of carbonyl (C=O) groups excluding carboxylic acids is 1. The molecule has 3 nitrogen and oxygen atoms in total. The van der Waals surface area contributed by atoms with Crippen molar-refractivity contribution < 1.29 is 14.3 Å². The zero-order chi connectivity index (χ0) is 10.3. The minimum absolute atomic E-state index is 0.366. The van der Waals surface area contributed by atoms with E-state index in [4.69, 9.17) is 9.47 Å². The fraction of sp³-hybridized carbons (Fsp3) is 0.500. The van der Waals surface area contributed by atoms with E-state index in [1.165, 1.54) is 6.08 Å². The van der Waals surface area contributed by atoms with Crippen molar-refractivity contribution in [3.63, 3.8) is 0 Å². The molecule has 0 fully saturated rings. The van der Waals surface area contributed by atoms with Gasteiger partial charge in [-0.1, -0.05) is 6.58 Å². The molecular weight excluding hydrogens is 168 g/mol. The first-order valence-corrected chi connectivity index (χ1v) is 4.28. The van der Waals surface area contributed by atoms with Crippen LogP contribution in [0.4, 0.5) is 0 Å². The molecule has 0 aromatic carbocycles. The minimum atomic E-state index is -0.394. The monoisotopic (exact) mass is 184 g/mol. The smallest absolute Gasteiger partial charge is 0.334 e. The summed E-state index contributed by atoms with van der Waals surface area (Å²) < 4.78 is 9.91. The van der Waals surface area contributed by atoms with E-state index < -0.39 is 5.97 Å². The fourth-order valence-electron chi connectivity index (χ4n) is 0.735. The molecule has 0 radical (unpaired) electrons. The van der Waals surface area contributed by atoms with Gasteiger partial charge in [-0.3, -0.25) is 0 Å². The summed E-state index contributed by atoms with van der Waals surface area (Å²) in [5, 5.41) is 0. The van der Waals surface area contributed by atoms with Gasteiger partial charge in [0.1, 0.15) is 5.76 Å². The Morgan fingerprint density at radius 2 is 1.85 bits per heavy atom. The van der Waals surface area contributed by atoms with Crippen molar-refractivity contribution in [1.29, 1.82) is 0 Å². The standard InChI is InChI=1S/C10H16O3/c1-5-12-9(8(3)4)7-10(11)13-6-2/h7H,3,5-6H2,1-2,4H3/b9-7+. The number of rotatable bonds is 5. The molecule has 0 aliphatic carbocycles. The van der Waals surface area contributed by atoms with E-state index in [0.29, 0.717) is 19.0 Å². The van der Waals surface area contributed by atoms with Gasteiger partial charge in [0.25, 0.3) is 0 Å². The van der Waals surface area contributed by atoms with Crippen LogP contribution in [0.3, 0.4) is 0 Å². The summed E-state index contributed by atoms with van der Waals surface area (Å²) in [7, 11) is 0. The molecule has 0 heterocycles. The summed E-state index contributed by atoms with van der Waals surface area (Å²) in [4.78, 5) is 11.0. The van der Waals surface area contributed by atoms with E-state index in [9.17, 15) is 4.79 Å². The Labute approximate surface area is 79.0 Å². The number of allylic oxidation sites excluding steroid dienone is 1. The van der Waals surface area contributed by atoms with Gasteiger partial charge in [0.2, 0.25) is 0 Å². The van der Waals surface area contributed by atoms with Crippen LogP contribution in [0.25, 0.3) is 0 Å². The second-order valence-electron chi connectivity index (χ2n) is 2.47. The number of esters is 1.